The first-order chi connectivity index (χ1) is 50.7. The summed E-state index contributed by atoms with van der Waals surface area (Å²) in [7, 11) is 0. The fourth-order valence-electron chi connectivity index (χ4n) is 16.6. The summed E-state index contributed by atoms with van der Waals surface area (Å²) in [6.45, 7) is 25.3. The molecule has 4 unspecified atom stereocenters. The molecule has 104 heavy (non-hydrogen) atoms. The average Bonchev–Trinajstić information content (AvgIpc) is 1.59. The van der Waals surface area contributed by atoms with Gasteiger partial charge in [0, 0.05) is 60.1 Å². The average molecular weight is 1480 g/mol. The van der Waals surface area contributed by atoms with Gasteiger partial charge in [-0.25, -0.2) is 0 Å². The van der Waals surface area contributed by atoms with Crippen LogP contribution >= 0.6 is 45.3 Å². The van der Waals surface area contributed by atoms with Crippen LogP contribution in [0.15, 0.2) is 118 Å². The first-order valence-electron chi connectivity index (χ1n) is 39.9. The van der Waals surface area contributed by atoms with Crippen molar-refractivity contribution in [2.45, 2.75) is 223 Å². The minimum Gasteiger partial charge on any atom is -0.308 e. The summed E-state index contributed by atoms with van der Waals surface area (Å²) in [5, 5.41) is 4.07. The first-order valence-corrected chi connectivity index (χ1v) is 43.3. The largest absolute Gasteiger partial charge is 0.308 e. The summed E-state index contributed by atoms with van der Waals surface area (Å²) in [6, 6.07) is 29.0. The smallest absolute Gasteiger partial charge is 0.261 e. The van der Waals surface area contributed by atoms with Gasteiger partial charge in [-0.15, -0.1) is 45.3 Å². The van der Waals surface area contributed by atoms with Crippen LogP contribution in [0.4, 0.5) is 11.4 Å². The lowest BCUT2D eigenvalue weighted by Gasteiger charge is -2.29. The molecule has 0 saturated heterocycles. The van der Waals surface area contributed by atoms with E-state index in [0.717, 1.165) is 228 Å². The van der Waals surface area contributed by atoms with Crippen LogP contribution in [0.1, 0.15) is 254 Å². The molecular weight excluding hydrogens is 1370 g/mol. The molecule has 6 amide bonds. The summed E-state index contributed by atoms with van der Waals surface area (Å²) < 4.78 is 0. The molecule has 0 fully saturated rings. The number of thiophene rings is 4. The van der Waals surface area contributed by atoms with E-state index in [1.54, 1.807) is 45.3 Å². The molecule has 16 heteroatoms. The molecule has 0 bridgehead atoms. The summed E-state index contributed by atoms with van der Waals surface area (Å²) >= 11 is 6.34. The molecular formula is C88H110N6O6S4. The Hall–Kier alpha value is -7.24. The van der Waals surface area contributed by atoms with Gasteiger partial charge in [-0.05, 0) is 133 Å². The van der Waals surface area contributed by atoms with Gasteiger partial charge in [-0.2, -0.15) is 0 Å². The maximum absolute atomic E-state index is 15.7. The lowest BCUT2D eigenvalue weighted by Crippen LogP contribution is -2.34. The number of anilines is 2. The molecule has 0 saturated carbocycles. The highest BCUT2D eigenvalue weighted by Gasteiger charge is 2.52. The van der Waals surface area contributed by atoms with E-state index in [4.69, 9.17) is 0 Å². The first kappa shape index (κ1) is 76.4. The predicted molar refractivity (Wildman–Crippen MR) is 436 cm³/mol. The maximum Gasteiger partial charge on any atom is 0.261 e. The number of nitrogens with zero attached hydrogens (tertiary/aromatic N) is 6. The van der Waals surface area contributed by atoms with Gasteiger partial charge in [0.2, 0.25) is 0 Å². The Bertz CT molecular complexity index is 4020. The van der Waals surface area contributed by atoms with Gasteiger partial charge in [0.15, 0.2) is 0 Å². The van der Waals surface area contributed by atoms with E-state index in [-0.39, 0.29) is 47.3 Å². The molecule has 0 radical (unpaired) electrons. The van der Waals surface area contributed by atoms with E-state index in [1.807, 2.05) is 64.4 Å². The van der Waals surface area contributed by atoms with Crippen molar-refractivity contribution in [3.8, 4) is 20.9 Å². The van der Waals surface area contributed by atoms with Gasteiger partial charge in [0.05, 0.1) is 87.1 Å². The van der Waals surface area contributed by atoms with Crippen molar-refractivity contribution in [1.29, 1.82) is 0 Å². The van der Waals surface area contributed by atoms with E-state index >= 15 is 28.8 Å². The Labute approximate surface area is 635 Å². The van der Waals surface area contributed by atoms with Crippen molar-refractivity contribution in [3.63, 3.8) is 0 Å². The Kier molecular flexibility index (Phi) is 25.7. The number of carbonyl (C=O) groups excluding carboxylic acids is 6. The number of hydrogen-bond acceptors (Lipinski definition) is 10. The molecule has 6 aromatic rings. The highest BCUT2D eigenvalue weighted by Crippen LogP contribution is 2.55. The van der Waals surface area contributed by atoms with Crippen molar-refractivity contribution >= 4 is 126 Å². The van der Waals surface area contributed by atoms with Crippen LogP contribution in [0.5, 0.6) is 0 Å². The molecule has 6 aliphatic rings. The lowest BCUT2D eigenvalue weighted by molar-refractivity contribution is -0.124. The van der Waals surface area contributed by atoms with Crippen LogP contribution in [0.2, 0.25) is 0 Å². The van der Waals surface area contributed by atoms with Crippen molar-refractivity contribution in [2.75, 3.05) is 49.1 Å². The van der Waals surface area contributed by atoms with Gasteiger partial charge >= 0.3 is 0 Å². The van der Waals surface area contributed by atoms with Gasteiger partial charge in [0.25, 0.3) is 35.4 Å². The van der Waals surface area contributed by atoms with Crippen molar-refractivity contribution in [1.82, 2.24) is 19.6 Å². The number of benzene rings is 2. The summed E-state index contributed by atoms with van der Waals surface area (Å²) in [5.41, 5.74) is 10.7. The van der Waals surface area contributed by atoms with E-state index < -0.39 is 0 Å². The summed E-state index contributed by atoms with van der Waals surface area (Å²) in [5.74, 6) is 0.397. The highest BCUT2D eigenvalue weighted by atomic mass is 32.1. The van der Waals surface area contributed by atoms with Gasteiger partial charge < -0.3 is 29.4 Å². The number of amides is 6. The third-order valence-electron chi connectivity index (χ3n) is 22.8. The molecule has 0 N–H and O–H groups in total. The SMILES string of the molecule is CCCCCCN1C(=O)/C(=C2/C(=O)N(CCCCCC)c3cc(-c4ccc(C5=C6C(=O)N(CC(CC)CCCC)C(c7cccs7)=C6C(=O)N5CC(CC)CCCC)s4)ccc32)c2ccc(-c3ccc(C4=C5C(=O)N(CC(CC)CCCC)C(c6cccs6)=C5C(=O)N4CC(CC)CCCC)s3)cc21. The molecule has 12 nitrogen and oxygen atoms in total. The molecule has 552 valence electrons. The fraction of sp³-hybridized carbons (Fsp3) is 0.500. The molecule has 0 aliphatic carbocycles. The van der Waals surface area contributed by atoms with E-state index in [0.29, 0.717) is 95.9 Å². The second-order valence-electron chi connectivity index (χ2n) is 29.8. The van der Waals surface area contributed by atoms with Crippen molar-refractivity contribution in [3.05, 3.63) is 149 Å². The van der Waals surface area contributed by atoms with Crippen LogP contribution < -0.4 is 9.80 Å². The van der Waals surface area contributed by atoms with Gasteiger partial charge in [-0.1, -0.05) is 221 Å². The zero-order valence-corrected chi connectivity index (χ0v) is 66.8. The van der Waals surface area contributed by atoms with Gasteiger partial charge in [0.1, 0.15) is 0 Å². The highest BCUT2D eigenvalue weighted by molar-refractivity contribution is 7.17. The Morgan fingerprint density at radius 3 is 0.885 bits per heavy atom. The molecule has 10 heterocycles. The minimum absolute atomic E-state index is 0.0932. The second kappa shape index (κ2) is 35.0. The predicted octanol–water partition coefficient (Wildman–Crippen LogP) is 22.5. The molecule has 0 spiro atoms. The van der Waals surface area contributed by atoms with E-state index in [9.17, 15) is 0 Å². The Balaban J connectivity index is 0.942. The summed E-state index contributed by atoms with van der Waals surface area (Å²) in [6.07, 6.45) is 24.1. The zero-order chi connectivity index (χ0) is 73.3. The third-order valence-corrected chi connectivity index (χ3v) is 26.8. The third kappa shape index (κ3) is 15.1. The molecule has 4 aromatic heterocycles. The Morgan fingerprint density at radius 1 is 0.298 bits per heavy atom. The molecule has 2 aromatic carbocycles. The molecule has 12 rings (SSSR count). The summed E-state index contributed by atoms with van der Waals surface area (Å²) in [4.78, 5) is 110. The Morgan fingerprint density at radius 2 is 0.596 bits per heavy atom. The van der Waals surface area contributed by atoms with Crippen LogP contribution in [-0.2, 0) is 28.8 Å². The fourth-order valence-corrected chi connectivity index (χ4v) is 20.3. The van der Waals surface area contributed by atoms with Crippen LogP contribution in [-0.4, -0.2) is 94.3 Å². The lowest BCUT2D eigenvalue weighted by atomic mass is 9.95. The van der Waals surface area contributed by atoms with Crippen LogP contribution in [0.25, 0.3) is 54.8 Å². The molecule has 4 atom stereocenters. The number of rotatable bonds is 40. The number of carbonyl (C=O) groups is 6. The minimum atomic E-state index is -0.174. The van der Waals surface area contributed by atoms with Crippen LogP contribution in [0.3, 0.4) is 0 Å². The van der Waals surface area contributed by atoms with Crippen molar-refractivity contribution in [2.24, 2.45) is 23.7 Å². The number of fused-ring (bicyclic) bond motifs is 4. The molecule has 6 aliphatic heterocycles. The van der Waals surface area contributed by atoms with Crippen LogP contribution in [0, 0.1) is 23.7 Å². The van der Waals surface area contributed by atoms with E-state index in [1.165, 1.54) is 0 Å². The quantitative estimate of drug-likeness (QED) is 0.0279. The van der Waals surface area contributed by atoms with Crippen molar-refractivity contribution < 1.29 is 28.8 Å². The van der Waals surface area contributed by atoms with Gasteiger partial charge in [-0.3, -0.25) is 28.8 Å². The zero-order valence-electron chi connectivity index (χ0n) is 63.5. The standard InChI is InChI=1S/C88H110N6O6S4/c1-11-21-27-29-47-89-65-51-61(67-43-45-71(103-67)81-77-75(85(97)93(81)55-59(19-9)35-25-15-5)79(69-37-31-49-101-69)91(87(77)99)53-57(17-7)33-23-13-3)39-41-63(65)73(83(89)95)74-64-42-40-62(52-66(64)90(84(74)96)48-30-28-22-12-2)68-44-46-72(104-68)82-78-76(86(98)94(82)56-60(20-10)36-26-16-6)80(70-38-32-50-102-70)92(88(78)100)54-58(18-8)34-24-14-4/h31-32,37-46,49-52,57-60H,11-30,33-36,47-48,53-56H2,1-10H3/b74-73+. The second-order valence-corrected chi connectivity index (χ2v) is 33.8. The topological polar surface area (TPSA) is 122 Å². The van der Waals surface area contributed by atoms with E-state index in [2.05, 4.69) is 130 Å². The number of hydrogen-bond donors (Lipinski definition) is 0. The number of unbranched alkanes of at least 4 members (excludes halogenated alkanes) is 10. The normalized spacial score (nSPS) is 17.9. The maximum atomic E-state index is 15.7. The monoisotopic (exact) mass is 1470 g/mol.